The summed E-state index contributed by atoms with van der Waals surface area (Å²) in [5.74, 6) is 1.44. The van der Waals surface area contributed by atoms with E-state index < -0.39 is 0 Å². The van der Waals surface area contributed by atoms with Gasteiger partial charge in [-0.05, 0) is 36.5 Å². The van der Waals surface area contributed by atoms with Crippen LogP contribution in [0.1, 0.15) is 5.82 Å². The lowest BCUT2D eigenvalue weighted by molar-refractivity contribution is 0.295. The molecule has 0 atom stereocenters. The van der Waals surface area contributed by atoms with Crippen LogP contribution in [0.3, 0.4) is 0 Å². The average Bonchev–Trinajstić information content (AvgIpc) is 2.58. The van der Waals surface area contributed by atoms with E-state index >= 15 is 0 Å². The van der Waals surface area contributed by atoms with Crippen LogP contribution < -0.4 is 4.74 Å². The Hall–Kier alpha value is -1.33. The van der Waals surface area contributed by atoms with Gasteiger partial charge in [0.2, 0.25) is 4.77 Å². The number of aryl methyl sites for hydroxylation is 1. The monoisotopic (exact) mass is 255 g/mol. The third-order valence-corrected chi connectivity index (χ3v) is 2.62. The first-order valence-corrected chi connectivity index (χ1v) is 5.44. The Balaban J connectivity index is 2.02. The lowest BCUT2D eigenvalue weighted by atomic mass is 10.3. The molecule has 0 bridgehead atoms. The van der Waals surface area contributed by atoms with E-state index in [0.717, 1.165) is 5.75 Å². The van der Waals surface area contributed by atoms with Crippen LogP contribution in [0.25, 0.3) is 0 Å². The van der Waals surface area contributed by atoms with E-state index in [-0.39, 0.29) is 0 Å². The summed E-state index contributed by atoms with van der Waals surface area (Å²) in [6.45, 7) is 0.353. The number of aromatic nitrogens is 3. The van der Waals surface area contributed by atoms with E-state index in [4.69, 9.17) is 28.6 Å². The second-order valence-electron chi connectivity index (χ2n) is 3.25. The average molecular weight is 256 g/mol. The molecule has 4 nitrogen and oxygen atoms in total. The molecule has 84 valence electrons. The number of rotatable bonds is 3. The summed E-state index contributed by atoms with van der Waals surface area (Å²) in [4.78, 5) is 4.11. The van der Waals surface area contributed by atoms with Gasteiger partial charge in [-0.25, -0.2) is 4.98 Å². The molecule has 0 radical (unpaired) electrons. The SMILES string of the molecule is Cn1[nH]c(COc2ccc(Cl)cc2)nc1=S. The lowest BCUT2D eigenvalue weighted by Crippen LogP contribution is -1.98. The van der Waals surface area contributed by atoms with Gasteiger partial charge in [-0.3, -0.25) is 9.78 Å². The summed E-state index contributed by atoms with van der Waals surface area (Å²) in [7, 11) is 1.81. The topological polar surface area (TPSA) is 42.8 Å². The van der Waals surface area contributed by atoms with Gasteiger partial charge in [0.1, 0.15) is 12.4 Å². The van der Waals surface area contributed by atoms with Gasteiger partial charge in [0.15, 0.2) is 5.82 Å². The van der Waals surface area contributed by atoms with Gasteiger partial charge in [0, 0.05) is 12.1 Å². The fourth-order valence-corrected chi connectivity index (χ4v) is 1.49. The molecule has 0 saturated carbocycles. The van der Waals surface area contributed by atoms with Crippen LogP contribution in [-0.2, 0) is 13.7 Å². The predicted molar refractivity (Wildman–Crippen MR) is 64.2 cm³/mol. The molecule has 0 aliphatic carbocycles. The highest BCUT2D eigenvalue weighted by Gasteiger charge is 2.00. The molecular formula is C10H10ClN3OS. The maximum absolute atomic E-state index is 5.76. The largest absolute Gasteiger partial charge is 0.486 e. The molecule has 0 amide bonds. The molecule has 1 aromatic carbocycles. The second kappa shape index (κ2) is 4.67. The zero-order valence-electron chi connectivity index (χ0n) is 8.61. The smallest absolute Gasteiger partial charge is 0.215 e. The maximum atomic E-state index is 5.76. The van der Waals surface area contributed by atoms with Crippen LogP contribution in [0.4, 0.5) is 0 Å². The molecule has 1 N–H and O–H groups in total. The Morgan fingerprint density at radius 2 is 2.12 bits per heavy atom. The molecular weight excluding hydrogens is 246 g/mol. The van der Waals surface area contributed by atoms with Crippen molar-refractivity contribution in [3.8, 4) is 5.75 Å². The van der Waals surface area contributed by atoms with Crippen molar-refractivity contribution in [2.75, 3.05) is 0 Å². The molecule has 6 heteroatoms. The van der Waals surface area contributed by atoms with E-state index in [1.165, 1.54) is 0 Å². The number of H-pyrrole nitrogens is 1. The highest BCUT2D eigenvalue weighted by Crippen LogP contribution is 2.16. The molecule has 0 fully saturated rings. The number of ether oxygens (including phenoxy) is 1. The highest BCUT2D eigenvalue weighted by molar-refractivity contribution is 7.71. The first-order chi connectivity index (χ1) is 7.65. The third-order valence-electron chi connectivity index (χ3n) is 2.00. The van der Waals surface area contributed by atoms with Gasteiger partial charge >= 0.3 is 0 Å². The zero-order chi connectivity index (χ0) is 11.5. The van der Waals surface area contributed by atoms with Crippen LogP contribution in [0.5, 0.6) is 5.75 Å². The molecule has 16 heavy (non-hydrogen) atoms. The molecule has 1 heterocycles. The molecule has 0 unspecified atom stereocenters. The first kappa shape index (κ1) is 11.2. The summed E-state index contributed by atoms with van der Waals surface area (Å²) < 4.78 is 7.67. The van der Waals surface area contributed by atoms with Gasteiger partial charge in [-0.1, -0.05) is 11.6 Å². The molecule has 0 aliphatic heterocycles. The number of nitrogens with one attached hydrogen (secondary N) is 1. The van der Waals surface area contributed by atoms with Crippen molar-refractivity contribution in [1.82, 2.24) is 14.8 Å². The minimum atomic E-state index is 0.353. The number of hydrogen-bond acceptors (Lipinski definition) is 3. The van der Waals surface area contributed by atoms with E-state index in [1.807, 2.05) is 0 Å². The minimum absolute atomic E-state index is 0.353. The van der Waals surface area contributed by atoms with Crippen molar-refractivity contribution in [1.29, 1.82) is 0 Å². The number of aromatic amines is 1. The van der Waals surface area contributed by atoms with Gasteiger partial charge in [0.25, 0.3) is 0 Å². The Kier molecular flexibility index (Phi) is 3.26. The molecule has 0 saturated heterocycles. The summed E-state index contributed by atoms with van der Waals surface area (Å²) in [6, 6.07) is 7.16. The minimum Gasteiger partial charge on any atom is -0.486 e. The molecule has 0 aliphatic rings. The zero-order valence-corrected chi connectivity index (χ0v) is 10.2. The number of benzene rings is 1. The van der Waals surface area contributed by atoms with Crippen molar-refractivity contribution >= 4 is 23.8 Å². The number of halogens is 1. The van der Waals surface area contributed by atoms with E-state index in [1.54, 1.807) is 36.0 Å². The quantitative estimate of drug-likeness (QED) is 0.858. The predicted octanol–water partition coefficient (Wildman–Crippen LogP) is 2.71. The lowest BCUT2D eigenvalue weighted by Gasteiger charge is -2.03. The van der Waals surface area contributed by atoms with Crippen LogP contribution in [-0.4, -0.2) is 14.8 Å². The number of hydrogen-bond donors (Lipinski definition) is 1. The third kappa shape index (κ3) is 2.62. The standard InChI is InChI=1S/C10H10ClN3OS/c1-14-10(16)12-9(13-14)6-15-8-4-2-7(11)3-5-8/h2-5H,6H2,1H3,(H,12,13,16). The fourth-order valence-electron chi connectivity index (χ4n) is 1.20. The van der Waals surface area contributed by atoms with E-state index in [0.29, 0.717) is 22.2 Å². The van der Waals surface area contributed by atoms with Crippen LogP contribution >= 0.6 is 23.8 Å². The van der Waals surface area contributed by atoms with Gasteiger partial charge < -0.3 is 4.74 Å². The highest BCUT2D eigenvalue weighted by atomic mass is 35.5. The Labute approximate surface area is 103 Å². The van der Waals surface area contributed by atoms with Crippen LogP contribution in [0.15, 0.2) is 24.3 Å². The summed E-state index contributed by atoms with van der Waals surface area (Å²) in [6.07, 6.45) is 0. The Morgan fingerprint density at radius 3 is 2.69 bits per heavy atom. The van der Waals surface area contributed by atoms with Gasteiger partial charge in [-0.2, -0.15) is 0 Å². The molecule has 1 aromatic heterocycles. The van der Waals surface area contributed by atoms with Gasteiger partial charge in [0.05, 0.1) is 0 Å². The van der Waals surface area contributed by atoms with Crippen molar-refractivity contribution in [3.05, 3.63) is 39.9 Å². The van der Waals surface area contributed by atoms with Crippen molar-refractivity contribution < 1.29 is 4.74 Å². The summed E-state index contributed by atoms with van der Waals surface area (Å²) in [5, 5.41) is 3.66. The normalized spacial score (nSPS) is 10.4. The summed E-state index contributed by atoms with van der Waals surface area (Å²) in [5.41, 5.74) is 0. The molecule has 0 spiro atoms. The van der Waals surface area contributed by atoms with Crippen LogP contribution in [0.2, 0.25) is 5.02 Å². The second-order valence-corrected chi connectivity index (χ2v) is 4.06. The Bertz CT molecular complexity index is 532. The Morgan fingerprint density at radius 1 is 1.44 bits per heavy atom. The van der Waals surface area contributed by atoms with Gasteiger partial charge in [-0.15, -0.1) is 0 Å². The summed E-state index contributed by atoms with van der Waals surface area (Å²) >= 11 is 10.7. The molecule has 2 rings (SSSR count). The molecule has 2 aromatic rings. The van der Waals surface area contributed by atoms with E-state index in [9.17, 15) is 0 Å². The van der Waals surface area contributed by atoms with Crippen LogP contribution in [0, 0.1) is 4.77 Å². The maximum Gasteiger partial charge on any atom is 0.215 e. The first-order valence-electron chi connectivity index (χ1n) is 4.65. The van der Waals surface area contributed by atoms with Crippen molar-refractivity contribution in [2.24, 2.45) is 7.05 Å². The van der Waals surface area contributed by atoms with E-state index in [2.05, 4.69) is 10.1 Å². The van der Waals surface area contributed by atoms with Crippen molar-refractivity contribution in [2.45, 2.75) is 6.61 Å². The number of nitrogens with zero attached hydrogens (tertiary/aromatic N) is 2. The fraction of sp³-hybridized carbons (Fsp3) is 0.200. The van der Waals surface area contributed by atoms with Crippen molar-refractivity contribution in [3.63, 3.8) is 0 Å².